The van der Waals surface area contributed by atoms with E-state index in [0.29, 0.717) is 6.42 Å². The number of ether oxygens (including phenoxy) is 1. The molecule has 0 N–H and O–H groups in total. The minimum atomic E-state index is -0.0687. The van der Waals surface area contributed by atoms with Gasteiger partial charge in [-0.1, -0.05) is 6.07 Å². The van der Waals surface area contributed by atoms with E-state index in [-0.39, 0.29) is 11.7 Å². The molecule has 4 heteroatoms. The van der Waals surface area contributed by atoms with Gasteiger partial charge in [0, 0.05) is 30.9 Å². The predicted molar refractivity (Wildman–Crippen MR) is 81.6 cm³/mol. The number of rotatable bonds is 5. The summed E-state index contributed by atoms with van der Waals surface area (Å²) in [6.45, 7) is 5.69. The second-order valence-corrected chi connectivity index (χ2v) is 5.20. The summed E-state index contributed by atoms with van der Waals surface area (Å²) in [6.07, 6.45) is 5.45. The zero-order valence-electron chi connectivity index (χ0n) is 12.9. The summed E-state index contributed by atoms with van der Waals surface area (Å²) in [7, 11) is 1.66. The van der Waals surface area contributed by atoms with Gasteiger partial charge in [-0.15, -0.1) is 0 Å². The number of Topliss-reactive ketones (excluding diaryl/α,β-unsaturated/α-hetero) is 1. The second-order valence-electron chi connectivity index (χ2n) is 5.20. The summed E-state index contributed by atoms with van der Waals surface area (Å²) in [6, 6.07) is 3.96. The maximum Gasteiger partial charge on any atom is 0.130 e. The van der Waals surface area contributed by atoms with Crippen molar-refractivity contribution in [3.8, 4) is 5.75 Å². The largest absolute Gasteiger partial charge is 0.496 e. The highest BCUT2D eigenvalue weighted by Crippen LogP contribution is 2.33. The summed E-state index contributed by atoms with van der Waals surface area (Å²) in [5.74, 6) is 0.927. The van der Waals surface area contributed by atoms with E-state index in [1.54, 1.807) is 32.6 Å². The van der Waals surface area contributed by atoms with Crippen LogP contribution in [0.5, 0.6) is 5.75 Å². The average Bonchev–Trinajstić information content (AvgIpc) is 2.49. The zero-order valence-corrected chi connectivity index (χ0v) is 12.9. The minimum Gasteiger partial charge on any atom is -0.496 e. The molecule has 0 bridgehead atoms. The Hall–Kier alpha value is -2.23. The first-order chi connectivity index (χ1) is 10.0. The van der Waals surface area contributed by atoms with Crippen LogP contribution in [0.3, 0.4) is 0 Å². The SMILES string of the molecule is COc1ccc(C(CC(C)=O)c2cnccn2)c(C)c1C. The van der Waals surface area contributed by atoms with Gasteiger partial charge in [0.1, 0.15) is 11.5 Å². The monoisotopic (exact) mass is 284 g/mol. The molecule has 0 aliphatic carbocycles. The van der Waals surface area contributed by atoms with Gasteiger partial charge < -0.3 is 4.74 Å². The summed E-state index contributed by atoms with van der Waals surface area (Å²) in [5.41, 5.74) is 4.14. The number of methoxy groups -OCH3 is 1. The molecule has 0 amide bonds. The summed E-state index contributed by atoms with van der Waals surface area (Å²) >= 11 is 0. The number of nitrogens with zero attached hydrogens (tertiary/aromatic N) is 2. The molecule has 2 rings (SSSR count). The lowest BCUT2D eigenvalue weighted by molar-refractivity contribution is -0.117. The van der Waals surface area contributed by atoms with Gasteiger partial charge in [0.15, 0.2) is 0 Å². The molecule has 1 unspecified atom stereocenters. The fourth-order valence-electron chi connectivity index (χ4n) is 2.57. The Kier molecular flexibility index (Phi) is 4.68. The highest BCUT2D eigenvalue weighted by molar-refractivity contribution is 5.77. The van der Waals surface area contributed by atoms with Gasteiger partial charge >= 0.3 is 0 Å². The van der Waals surface area contributed by atoms with Gasteiger partial charge in [-0.25, -0.2) is 0 Å². The smallest absolute Gasteiger partial charge is 0.130 e. The molecule has 110 valence electrons. The fraction of sp³-hybridized carbons (Fsp3) is 0.353. The van der Waals surface area contributed by atoms with Crippen LogP contribution in [-0.2, 0) is 4.79 Å². The third kappa shape index (κ3) is 3.27. The Morgan fingerprint density at radius 3 is 2.57 bits per heavy atom. The van der Waals surface area contributed by atoms with Gasteiger partial charge in [-0.05, 0) is 43.5 Å². The molecule has 0 saturated heterocycles. The van der Waals surface area contributed by atoms with E-state index in [9.17, 15) is 4.79 Å². The van der Waals surface area contributed by atoms with Crippen LogP contribution in [0.15, 0.2) is 30.7 Å². The predicted octanol–water partition coefficient (Wildman–Crippen LogP) is 3.21. The van der Waals surface area contributed by atoms with E-state index in [2.05, 4.69) is 16.9 Å². The molecule has 4 nitrogen and oxygen atoms in total. The first-order valence-corrected chi connectivity index (χ1v) is 6.94. The number of ketones is 1. The van der Waals surface area contributed by atoms with Crippen molar-refractivity contribution in [3.05, 3.63) is 53.1 Å². The molecule has 2 aromatic rings. The van der Waals surface area contributed by atoms with Crippen molar-refractivity contribution in [1.82, 2.24) is 9.97 Å². The maximum atomic E-state index is 11.6. The van der Waals surface area contributed by atoms with Crippen molar-refractivity contribution in [2.24, 2.45) is 0 Å². The van der Waals surface area contributed by atoms with Crippen LogP contribution in [0.1, 0.15) is 41.6 Å². The third-order valence-electron chi connectivity index (χ3n) is 3.81. The van der Waals surface area contributed by atoms with Crippen LogP contribution in [0.2, 0.25) is 0 Å². The normalized spacial score (nSPS) is 12.0. The van der Waals surface area contributed by atoms with E-state index in [4.69, 9.17) is 4.74 Å². The third-order valence-corrected chi connectivity index (χ3v) is 3.81. The quantitative estimate of drug-likeness (QED) is 0.846. The fourth-order valence-corrected chi connectivity index (χ4v) is 2.57. The highest BCUT2D eigenvalue weighted by atomic mass is 16.5. The van der Waals surface area contributed by atoms with Crippen LogP contribution >= 0.6 is 0 Å². The molecule has 0 aliphatic heterocycles. The minimum absolute atomic E-state index is 0.0687. The van der Waals surface area contributed by atoms with Crippen LogP contribution in [0.25, 0.3) is 0 Å². The first kappa shape index (κ1) is 15.2. The number of hydrogen-bond acceptors (Lipinski definition) is 4. The molecule has 0 radical (unpaired) electrons. The Bertz CT molecular complexity index is 639. The highest BCUT2D eigenvalue weighted by Gasteiger charge is 2.21. The Labute approximate surface area is 125 Å². The molecule has 1 aromatic carbocycles. The molecule has 0 saturated carbocycles. The lowest BCUT2D eigenvalue weighted by atomic mass is 9.86. The van der Waals surface area contributed by atoms with Crippen molar-refractivity contribution in [3.63, 3.8) is 0 Å². The van der Waals surface area contributed by atoms with Crippen LogP contribution in [0, 0.1) is 13.8 Å². The average molecular weight is 284 g/mol. The molecule has 1 atom stereocenters. The number of carbonyl (C=O) groups excluding carboxylic acids is 1. The number of benzene rings is 1. The van der Waals surface area contributed by atoms with Gasteiger partial charge in [-0.3, -0.25) is 14.8 Å². The first-order valence-electron chi connectivity index (χ1n) is 6.94. The van der Waals surface area contributed by atoms with Crippen molar-refractivity contribution >= 4 is 5.78 Å². The standard InChI is InChI=1S/C17H20N2O2/c1-11(20)9-15(16-10-18-7-8-19-16)14-5-6-17(21-4)13(3)12(14)2/h5-8,10,15H,9H2,1-4H3. The molecular formula is C17H20N2O2. The van der Waals surface area contributed by atoms with E-state index < -0.39 is 0 Å². The van der Waals surface area contributed by atoms with Gasteiger partial charge in [-0.2, -0.15) is 0 Å². The molecule has 1 aromatic heterocycles. The Morgan fingerprint density at radius 2 is 2.00 bits per heavy atom. The van der Waals surface area contributed by atoms with E-state index in [1.807, 2.05) is 19.1 Å². The molecule has 0 aliphatic rings. The number of aromatic nitrogens is 2. The molecular weight excluding hydrogens is 264 g/mol. The summed E-state index contributed by atoms with van der Waals surface area (Å²) < 4.78 is 5.35. The van der Waals surface area contributed by atoms with Crippen molar-refractivity contribution in [2.45, 2.75) is 33.1 Å². The zero-order chi connectivity index (χ0) is 15.4. The van der Waals surface area contributed by atoms with Crippen LogP contribution in [-0.4, -0.2) is 22.9 Å². The number of hydrogen-bond donors (Lipinski definition) is 0. The molecule has 21 heavy (non-hydrogen) atoms. The summed E-state index contributed by atoms with van der Waals surface area (Å²) in [4.78, 5) is 20.1. The van der Waals surface area contributed by atoms with Crippen molar-refractivity contribution < 1.29 is 9.53 Å². The summed E-state index contributed by atoms with van der Waals surface area (Å²) in [5, 5.41) is 0. The van der Waals surface area contributed by atoms with E-state index in [0.717, 1.165) is 28.1 Å². The molecule has 0 fully saturated rings. The van der Waals surface area contributed by atoms with E-state index >= 15 is 0 Å². The molecule has 0 spiro atoms. The van der Waals surface area contributed by atoms with Gasteiger partial charge in [0.25, 0.3) is 0 Å². The lowest BCUT2D eigenvalue weighted by Crippen LogP contribution is -2.10. The Balaban J connectivity index is 2.52. The van der Waals surface area contributed by atoms with Crippen LogP contribution < -0.4 is 4.74 Å². The molecule has 1 heterocycles. The second kappa shape index (κ2) is 6.48. The van der Waals surface area contributed by atoms with Gasteiger partial charge in [0.05, 0.1) is 12.8 Å². The van der Waals surface area contributed by atoms with Crippen LogP contribution in [0.4, 0.5) is 0 Å². The maximum absolute atomic E-state index is 11.6. The number of carbonyl (C=O) groups is 1. The topological polar surface area (TPSA) is 52.1 Å². The van der Waals surface area contributed by atoms with Crippen molar-refractivity contribution in [1.29, 1.82) is 0 Å². The lowest BCUT2D eigenvalue weighted by Gasteiger charge is -2.20. The van der Waals surface area contributed by atoms with Gasteiger partial charge in [0.2, 0.25) is 0 Å². The van der Waals surface area contributed by atoms with Crippen molar-refractivity contribution in [2.75, 3.05) is 7.11 Å². The van der Waals surface area contributed by atoms with E-state index in [1.165, 1.54) is 0 Å². The Morgan fingerprint density at radius 1 is 1.24 bits per heavy atom.